The van der Waals surface area contributed by atoms with Gasteiger partial charge in [0.25, 0.3) is 0 Å². The molecule has 0 unspecified atom stereocenters. The first-order valence-corrected chi connectivity index (χ1v) is 13.1. The Morgan fingerprint density at radius 3 is 2.04 bits per heavy atom. The molecule has 0 aromatic carbocycles. The highest BCUT2D eigenvalue weighted by atomic mass is 28.4. The molecular formula is C22H38O2Si. The first kappa shape index (κ1) is 18.2. The largest absolute Gasteiger partial charge is 0.413 e. The van der Waals surface area contributed by atoms with E-state index >= 15 is 0 Å². The molecule has 1 spiro atoms. The number of rotatable bonds is 5. The van der Waals surface area contributed by atoms with E-state index in [1.165, 1.54) is 32.1 Å². The van der Waals surface area contributed by atoms with Crippen molar-refractivity contribution in [2.24, 2.45) is 29.1 Å². The average molecular weight is 363 g/mol. The second kappa shape index (κ2) is 5.92. The molecule has 4 saturated carbocycles. The number of carbonyl (C=O) groups is 1. The maximum absolute atomic E-state index is 12.9. The van der Waals surface area contributed by atoms with Gasteiger partial charge in [0.2, 0.25) is 8.32 Å². The Hall–Kier alpha value is -0.153. The molecule has 25 heavy (non-hydrogen) atoms. The molecule has 0 saturated heterocycles. The standard InChI is InChI=1S/C22H38O2Si/c1-13(2)25(14(3)4,15(5)6)24-21-16-8-7-9-17(21)20-19(23)12-18(16)22(20)10-11-22/h13-18,20-21H,7-12H2,1-6H3/t16-,17+,18-,20-,21+/m0/s1. The van der Waals surface area contributed by atoms with Crippen molar-refractivity contribution in [1.29, 1.82) is 0 Å². The van der Waals surface area contributed by atoms with Crippen LogP contribution >= 0.6 is 0 Å². The summed E-state index contributed by atoms with van der Waals surface area (Å²) in [5, 5.41) is 0. The Bertz CT molecular complexity index is 526. The Labute approximate surface area is 155 Å². The van der Waals surface area contributed by atoms with Crippen molar-refractivity contribution < 1.29 is 9.22 Å². The first-order chi connectivity index (χ1) is 11.8. The summed E-state index contributed by atoms with van der Waals surface area (Å²) in [4.78, 5) is 12.9. The summed E-state index contributed by atoms with van der Waals surface area (Å²) in [6, 6.07) is 0. The highest BCUT2D eigenvalue weighted by Gasteiger charge is 2.71. The third-order valence-corrected chi connectivity index (χ3v) is 15.0. The van der Waals surface area contributed by atoms with Gasteiger partial charge in [0.1, 0.15) is 5.78 Å². The van der Waals surface area contributed by atoms with Gasteiger partial charge in [-0.1, -0.05) is 48.0 Å². The minimum absolute atomic E-state index is 0.359. The minimum atomic E-state index is -1.87. The zero-order chi connectivity index (χ0) is 18.1. The summed E-state index contributed by atoms with van der Waals surface area (Å²) < 4.78 is 7.37. The SMILES string of the molecule is CC(C)[Si](O[C@@H]1[C@H]2CCC[C@@H]1[C@H]1C(=O)C[C@@H]2C12CC2)(C(C)C)C(C)C. The zero-order valence-electron chi connectivity index (χ0n) is 17.2. The minimum Gasteiger partial charge on any atom is -0.413 e. The lowest BCUT2D eigenvalue weighted by atomic mass is 9.58. The van der Waals surface area contributed by atoms with E-state index in [9.17, 15) is 4.79 Å². The van der Waals surface area contributed by atoms with Crippen molar-refractivity contribution in [1.82, 2.24) is 0 Å². The van der Waals surface area contributed by atoms with E-state index in [0.717, 1.165) is 6.42 Å². The smallest absolute Gasteiger partial charge is 0.200 e. The molecule has 0 heterocycles. The molecule has 4 aliphatic carbocycles. The van der Waals surface area contributed by atoms with Crippen molar-refractivity contribution in [3.05, 3.63) is 0 Å². The summed E-state index contributed by atoms with van der Waals surface area (Å²) in [6.45, 7) is 14.4. The molecule has 5 atom stereocenters. The lowest BCUT2D eigenvalue weighted by Gasteiger charge is -2.55. The van der Waals surface area contributed by atoms with Gasteiger partial charge in [-0.3, -0.25) is 4.79 Å². The van der Waals surface area contributed by atoms with Crippen LogP contribution in [0.5, 0.6) is 0 Å². The predicted octanol–water partition coefficient (Wildman–Crippen LogP) is 5.96. The van der Waals surface area contributed by atoms with Gasteiger partial charge in [-0.2, -0.15) is 0 Å². The lowest BCUT2D eigenvalue weighted by molar-refractivity contribution is -0.129. The lowest BCUT2D eigenvalue weighted by Crippen LogP contribution is -2.58. The normalized spacial score (nSPS) is 39.1. The van der Waals surface area contributed by atoms with Crippen LogP contribution in [0.1, 0.15) is 80.1 Å². The number of hydrogen-bond acceptors (Lipinski definition) is 2. The number of hydrogen-bond donors (Lipinski definition) is 0. The van der Waals surface area contributed by atoms with Gasteiger partial charge in [0, 0.05) is 12.3 Å². The van der Waals surface area contributed by atoms with Crippen molar-refractivity contribution in [3.8, 4) is 0 Å². The molecular weight excluding hydrogens is 324 g/mol. The molecule has 0 N–H and O–H groups in total. The van der Waals surface area contributed by atoms with E-state index in [1.807, 2.05) is 0 Å². The van der Waals surface area contributed by atoms with Crippen LogP contribution in [0, 0.1) is 29.1 Å². The van der Waals surface area contributed by atoms with E-state index in [-0.39, 0.29) is 0 Å². The van der Waals surface area contributed by atoms with Crippen LogP contribution in [0.2, 0.25) is 16.6 Å². The van der Waals surface area contributed by atoms with Crippen LogP contribution in [-0.2, 0) is 9.22 Å². The van der Waals surface area contributed by atoms with E-state index in [4.69, 9.17) is 4.43 Å². The van der Waals surface area contributed by atoms with Crippen LogP contribution < -0.4 is 0 Å². The van der Waals surface area contributed by atoms with Crippen molar-refractivity contribution in [3.63, 3.8) is 0 Å². The van der Waals surface area contributed by atoms with Gasteiger partial charge < -0.3 is 4.43 Å². The van der Waals surface area contributed by atoms with E-state index in [2.05, 4.69) is 41.5 Å². The first-order valence-electron chi connectivity index (χ1n) is 11.0. The van der Waals surface area contributed by atoms with Gasteiger partial charge in [-0.05, 0) is 65.5 Å². The van der Waals surface area contributed by atoms with E-state index in [0.29, 0.717) is 57.6 Å². The van der Waals surface area contributed by atoms with Gasteiger partial charge in [0.05, 0.1) is 6.10 Å². The summed E-state index contributed by atoms with van der Waals surface area (Å²) in [6.07, 6.45) is 7.80. The fourth-order valence-electron chi connectivity index (χ4n) is 8.01. The maximum Gasteiger partial charge on any atom is 0.200 e. The molecule has 4 bridgehead atoms. The van der Waals surface area contributed by atoms with Crippen LogP contribution in [-0.4, -0.2) is 20.2 Å². The Morgan fingerprint density at radius 1 is 0.960 bits per heavy atom. The fraction of sp³-hybridized carbons (Fsp3) is 0.955. The summed E-state index contributed by atoms with van der Waals surface area (Å²) in [7, 11) is -1.87. The molecule has 0 amide bonds. The second-order valence-electron chi connectivity index (χ2n) is 10.6. The van der Waals surface area contributed by atoms with E-state index < -0.39 is 8.32 Å². The monoisotopic (exact) mass is 362 g/mol. The van der Waals surface area contributed by atoms with E-state index in [1.54, 1.807) is 0 Å². The highest BCUT2D eigenvalue weighted by Crippen LogP contribution is 2.73. The molecule has 0 aromatic heterocycles. The second-order valence-corrected chi connectivity index (χ2v) is 16.1. The molecule has 3 heteroatoms. The highest BCUT2D eigenvalue weighted by molar-refractivity contribution is 6.77. The molecule has 2 nitrogen and oxygen atoms in total. The molecule has 4 fully saturated rings. The number of carbonyl (C=O) groups excluding carboxylic acids is 1. The Balaban J connectivity index is 1.70. The molecule has 4 aliphatic rings. The third-order valence-electron chi connectivity index (χ3n) is 8.86. The number of ketones is 1. The number of Topliss-reactive ketones (excluding diaryl/α,β-unsaturated/α-hetero) is 1. The van der Waals surface area contributed by atoms with Crippen LogP contribution in [0.15, 0.2) is 0 Å². The Morgan fingerprint density at radius 2 is 1.52 bits per heavy atom. The predicted molar refractivity (Wildman–Crippen MR) is 105 cm³/mol. The summed E-state index contributed by atoms with van der Waals surface area (Å²) >= 11 is 0. The van der Waals surface area contributed by atoms with Crippen molar-refractivity contribution >= 4 is 14.1 Å². The molecule has 0 aromatic rings. The molecule has 0 radical (unpaired) electrons. The average Bonchev–Trinajstić information content (AvgIpc) is 3.24. The van der Waals surface area contributed by atoms with Gasteiger partial charge in [-0.25, -0.2) is 0 Å². The van der Waals surface area contributed by atoms with Gasteiger partial charge >= 0.3 is 0 Å². The van der Waals surface area contributed by atoms with Crippen LogP contribution in [0.4, 0.5) is 0 Å². The molecule has 142 valence electrons. The van der Waals surface area contributed by atoms with Crippen LogP contribution in [0.3, 0.4) is 0 Å². The van der Waals surface area contributed by atoms with Gasteiger partial charge in [-0.15, -0.1) is 0 Å². The summed E-state index contributed by atoms with van der Waals surface area (Å²) in [5.41, 5.74) is 2.35. The molecule has 4 rings (SSSR count). The van der Waals surface area contributed by atoms with Crippen molar-refractivity contribution in [2.45, 2.75) is 103 Å². The zero-order valence-corrected chi connectivity index (χ0v) is 18.2. The topological polar surface area (TPSA) is 26.3 Å². The summed E-state index contributed by atoms with van der Waals surface area (Å²) in [5.74, 6) is 2.83. The quantitative estimate of drug-likeness (QED) is 0.564. The van der Waals surface area contributed by atoms with Gasteiger partial charge in [0.15, 0.2) is 0 Å². The molecule has 0 aliphatic heterocycles. The third kappa shape index (κ3) is 2.33. The fourth-order valence-corrected chi connectivity index (χ4v) is 13.6. The maximum atomic E-state index is 12.9. The number of fused-ring (bicyclic) bond motifs is 4. The van der Waals surface area contributed by atoms with Crippen molar-refractivity contribution in [2.75, 3.05) is 0 Å². The Kier molecular flexibility index (Phi) is 4.32. The van der Waals surface area contributed by atoms with Crippen LogP contribution in [0.25, 0.3) is 0 Å².